The third kappa shape index (κ3) is 38.9. The third-order valence-electron chi connectivity index (χ3n) is 9.15. The van der Waals surface area contributed by atoms with E-state index in [1.807, 2.05) is 0 Å². The monoisotopic (exact) mass is 703 g/mol. The van der Waals surface area contributed by atoms with Gasteiger partial charge in [0.1, 0.15) is 6.61 Å². The van der Waals surface area contributed by atoms with Gasteiger partial charge in [0.25, 0.3) is 0 Å². The number of unbranched alkanes of at least 4 members (excludes halogenated alkanes) is 22. The number of esters is 2. The van der Waals surface area contributed by atoms with E-state index in [0.717, 1.165) is 64.2 Å². The molecule has 0 aliphatic rings. The van der Waals surface area contributed by atoms with Gasteiger partial charge in [-0.05, 0) is 77.0 Å². The van der Waals surface area contributed by atoms with Gasteiger partial charge in [0.05, 0.1) is 6.61 Å². The third-order valence-corrected chi connectivity index (χ3v) is 9.15. The van der Waals surface area contributed by atoms with Gasteiger partial charge in [-0.2, -0.15) is 0 Å². The molecule has 50 heavy (non-hydrogen) atoms. The first-order valence-corrected chi connectivity index (χ1v) is 21.5. The molecule has 5 nitrogen and oxygen atoms in total. The lowest BCUT2D eigenvalue weighted by molar-refractivity contribution is -0.163. The first kappa shape index (κ1) is 48.1. The van der Waals surface area contributed by atoms with E-state index >= 15 is 0 Å². The largest absolute Gasteiger partial charge is 0.462 e. The van der Waals surface area contributed by atoms with Crippen LogP contribution in [0.4, 0.5) is 0 Å². The van der Waals surface area contributed by atoms with Crippen molar-refractivity contribution in [2.75, 3.05) is 19.8 Å². The molecule has 0 aromatic heterocycles. The SMILES string of the molecule is CCCCC/C=C\C/C=C\CCCCCCCCOCC(COC(=O)CCCCCCC/C=C\CCCCCC)OC(=O)CCCCCCC. The zero-order chi connectivity index (χ0) is 36.4. The summed E-state index contributed by atoms with van der Waals surface area (Å²) in [6, 6.07) is 0. The lowest BCUT2D eigenvalue weighted by Gasteiger charge is -2.18. The van der Waals surface area contributed by atoms with Crippen LogP contribution in [-0.4, -0.2) is 37.9 Å². The predicted octanol–water partition coefficient (Wildman–Crippen LogP) is 13.9. The van der Waals surface area contributed by atoms with Crippen LogP contribution in [0.5, 0.6) is 0 Å². The Morgan fingerprint density at radius 1 is 0.440 bits per heavy atom. The lowest BCUT2D eigenvalue weighted by atomic mass is 10.1. The van der Waals surface area contributed by atoms with Crippen molar-refractivity contribution in [1.82, 2.24) is 0 Å². The fraction of sp³-hybridized carbons (Fsp3) is 0.822. The molecule has 0 aromatic rings. The molecule has 0 heterocycles. The molecule has 0 saturated carbocycles. The number of hydrogen-bond acceptors (Lipinski definition) is 5. The molecular formula is C45H82O5. The van der Waals surface area contributed by atoms with Crippen molar-refractivity contribution in [3.63, 3.8) is 0 Å². The summed E-state index contributed by atoms with van der Waals surface area (Å²) < 4.78 is 17.2. The Labute approximate surface area is 310 Å². The summed E-state index contributed by atoms with van der Waals surface area (Å²) in [6.07, 6.45) is 47.3. The summed E-state index contributed by atoms with van der Waals surface area (Å²) in [7, 11) is 0. The quantitative estimate of drug-likeness (QED) is 0.0362. The van der Waals surface area contributed by atoms with Crippen LogP contribution in [0.3, 0.4) is 0 Å². The van der Waals surface area contributed by atoms with Gasteiger partial charge in [-0.1, -0.05) is 160 Å². The van der Waals surface area contributed by atoms with Crippen LogP contribution in [0, 0.1) is 0 Å². The number of carbonyl (C=O) groups excluding carboxylic acids is 2. The molecule has 0 rings (SSSR count). The minimum Gasteiger partial charge on any atom is -0.462 e. The molecule has 0 N–H and O–H groups in total. The molecule has 1 unspecified atom stereocenters. The molecule has 0 aliphatic heterocycles. The average molecular weight is 703 g/mol. The molecule has 292 valence electrons. The molecule has 0 spiro atoms. The van der Waals surface area contributed by atoms with Crippen molar-refractivity contribution in [3.8, 4) is 0 Å². The van der Waals surface area contributed by atoms with Crippen LogP contribution in [0.2, 0.25) is 0 Å². The Morgan fingerprint density at radius 2 is 0.840 bits per heavy atom. The number of allylic oxidation sites excluding steroid dienone is 6. The molecule has 0 saturated heterocycles. The molecule has 0 aromatic carbocycles. The van der Waals surface area contributed by atoms with E-state index in [1.165, 1.54) is 116 Å². The standard InChI is InChI=1S/C45H82O5/c1-4-7-10-13-15-17-19-21-22-23-25-27-29-31-34-37-40-48-41-43(50-45(47)39-36-32-12-9-6-3)42-49-44(46)38-35-33-30-28-26-24-20-18-16-14-11-8-5-2/h15,17-18,20-22,43H,4-14,16,19,23-42H2,1-3H3/b17-15-,20-18-,22-21-. The number of carbonyl (C=O) groups is 2. The van der Waals surface area contributed by atoms with Crippen LogP contribution in [0.15, 0.2) is 36.5 Å². The van der Waals surface area contributed by atoms with E-state index in [1.54, 1.807) is 0 Å². The van der Waals surface area contributed by atoms with Crippen molar-refractivity contribution >= 4 is 11.9 Å². The van der Waals surface area contributed by atoms with Gasteiger partial charge in [0, 0.05) is 19.4 Å². The van der Waals surface area contributed by atoms with Crippen molar-refractivity contribution in [1.29, 1.82) is 0 Å². The average Bonchev–Trinajstić information content (AvgIpc) is 3.11. The Kier molecular flexibility index (Phi) is 40.0. The molecule has 0 fully saturated rings. The smallest absolute Gasteiger partial charge is 0.306 e. The summed E-state index contributed by atoms with van der Waals surface area (Å²) in [5.74, 6) is -0.423. The number of ether oxygens (including phenoxy) is 3. The topological polar surface area (TPSA) is 61.8 Å². The van der Waals surface area contributed by atoms with Gasteiger partial charge in [-0.15, -0.1) is 0 Å². The zero-order valence-electron chi connectivity index (χ0n) is 33.4. The minimum atomic E-state index is -0.536. The maximum atomic E-state index is 12.5. The van der Waals surface area contributed by atoms with Gasteiger partial charge >= 0.3 is 11.9 Å². The molecular weight excluding hydrogens is 620 g/mol. The predicted molar refractivity (Wildman–Crippen MR) is 215 cm³/mol. The molecule has 1 atom stereocenters. The number of rotatable bonds is 39. The van der Waals surface area contributed by atoms with Crippen LogP contribution >= 0.6 is 0 Å². The van der Waals surface area contributed by atoms with E-state index in [4.69, 9.17) is 14.2 Å². The molecule has 0 amide bonds. The van der Waals surface area contributed by atoms with Crippen LogP contribution < -0.4 is 0 Å². The normalized spacial score (nSPS) is 12.5. The van der Waals surface area contributed by atoms with Crippen LogP contribution in [0.25, 0.3) is 0 Å². The highest BCUT2D eigenvalue weighted by Gasteiger charge is 2.17. The Bertz CT molecular complexity index is 801. The lowest BCUT2D eigenvalue weighted by Crippen LogP contribution is -2.30. The first-order valence-electron chi connectivity index (χ1n) is 21.5. The van der Waals surface area contributed by atoms with Gasteiger partial charge in [-0.3, -0.25) is 9.59 Å². The van der Waals surface area contributed by atoms with Crippen molar-refractivity contribution in [3.05, 3.63) is 36.5 Å². The fourth-order valence-corrected chi connectivity index (χ4v) is 5.89. The van der Waals surface area contributed by atoms with Gasteiger partial charge in [0.2, 0.25) is 0 Å². The van der Waals surface area contributed by atoms with E-state index in [2.05, 4.69) is 57.2 Å². The van der Waals surface area contributed by atoms with Crippen molar-refractivity contribution < 1.29 is 23.8 Å². The summed E-state index contributed by atoms with van der Waals surface area (Å²) in [5.41, 5.74) is 0. The van der Waals surface area contributed by atoms with Gasteiger partial charge in [0.15, 0.2) is 6.10 Å². The Hall–Kier alpha value is -1.88. The highest BCUT2D eigenvalue weighted by Crippen LogP contribution is 2.12. The van der Waals surface area contributed by atoms with E-state index < -0.39 is 6.10 Å². The molecule has 0 radical (unpaired) electrons. The Balaban J connectivity index is 4.10. The Morgan fingerprint density at radius 3 is 1.40 bits per heavy atom. The maximum absolute atomic E-state index is 12.5. The van der Waals surface area contributed by atoms with Crippen molar-refractivity contribution in [2.24, 2.45) is 0 Å². The summed E-state index contributed by atoms with van der Waals surface area (Å²) in [4.78, 5) is 24.9. The first-order chi connectivity index (χ1) is 24.6. The van der Waals surface area contributed by atoms with Crippen LogP contribution in [-0.2, 0) is 23.8 Å². The second-order valence-electron chi connectivity index (χ2n) is 14.2. The molecule has 0 aliphatic carbocycles. The van der Waals surface area contributed by atoms with E-state index in [9.17, 15) is 9.59 Å². The molecule has 0 bridgehead atoms. The number of hydrogen-bond donors (Lipinski definition) is 0. The van der Waals surface area contributed by atoms with E-state index in [-0.39, 0.29) is 25.2 Å². The van der Waals surface area contributed by atoms with Crippen LogP contribution in [0.1, 0.15) is 213 Å². The summed E-state index contributed by atoms with van der Waals surface area (Å²) >= 11 is 0. The highest BCUT2D eigenvalue weighted by molar-refractivity contribution is 5.70. The van der Waals surface area contributed by atoms with Gasteiger partial charge < -0.3 is 14.2 Å². The summed E-state index contributed by atoms with van der Waals surface area (Å²) in [5, 5.41) is 0. The summed E-state index contributed by atoms with van der Waals surface area (Å²) in [6.45, 7) is 7.69. The fourth-order valence-electron chi connectivity index (χ4n) is 5.89. The molecule has 5 heteroatoms. The highest BCUT2D eigenvalue weighted by atomic mass is 16.6. The van der Waals surface area contributed by atoms with E-state index in [0.29, 0.717) is 19.4 Å². The second-order valence-corrected chi connectivity index (χ2v) is 14.2. The minimum absolute atomic E-state index is 0.0783. The maximum Gasteiger partial charge on any atom is 0.306 e. The van der Waals surface area contributed by atoms with Crippen molar-refractivity contribution in [2.45, 2.75) is 219 Å². The second kappa shape index (κ2) is 41.5. The van der Waals surface area contributed by atoms with Gasteiger partial charge in [-0.25, -0.2) is 0 Å². The zero-order valence-corrected chi connectivity index (χ0v) is 33.4.